The van der Waals surface area contributed by atoms with Gasteiger partial charge in [-0.25, -0.2) is 0 Å². The van der Waals surface area contributed by atoms with Gasteiger partial charge in [0.1, 0.15) is 12.2 Å². The second-order valence-electron chi connectivity index (χ2n) is 14.7. The highest BCUT2D eigenvalue weighted by atomic mass is 79.9. The third-order valence-corrected chi connectivity index (χ3v) is 13.7. The highest BCUT2D eigenvalue weighted by Crippen LogP contribution is 2.69. The lowest BCUT2D eigenvalue weighted by Crippen LogP contribution is -2.59. The maximum Gasteiger partial charge on any atom is 0.306 e. The molecule has 10 atom stereocenters. The van der Waals surface area contributed by atoms with Gasteiger partial charge in [-0.1, -0.05) is 52.6 Å². The summed E-state index contributed by atoms with van der Waals surface area (Å²) in [7, 11) is 1.46. The molecule has 6 nitrogen and oxygen atoms in total. The molecule has 0 aromatic carbocycles. The number of hydrogen-bond acceptors (Lipinski definition) is 6. The number of carbonyl (C=O) groups excluding carboxylic acids is 3. The fourth-order valence-corrected chi connectivity index (χ4v) is 11.0. The molecule has 0 saturated heterocycles. The zero-order valence-corrected chi connectivity index (χ0v) is 30.2. The maximum atomic E-state index is 13.3. The highest BCUT2D eigenvalue weighted by molar-refractivity contribution is 9.09. The van der Waals surface area contributed by atoms with E-state index in [1.54, 1.807) is 0 Å². The number of ether oxygens (including phenoxy) is 3. The number of alkyl halides is 2. The molecule has 0 aromatic rings. The number of esters is 3. The van der Waals surface area contributed by atoms with Crippen LogP contribution in [0.3, 0.4) is 0 Å². The van der Waals surface area contributed by atoms with Crippen molar-refractivity contribution < 1.29 is 28.6 Å². The molecule has 0 aromatic heterocycles. The molecular formula is C35H56Br2O6. The average Bonchev–Trinajstić information content (AvgIpc) is 3.35. The summed E-state index contributed by atoms with van der Waals surface area (Å²) in [6, 6.07) is 0. The van der Waals surface area contributed by atoms with Crippen LogP contribution in [0, 0.1) is 46.3 Å². The standard InChI is InChI=1S/C35H56Br2O6/c1-23(11-16-31(38)41-4)27-14-15-28-26-13-12-24-21-25(42-32(39)9-5-7-19-36)17-18-34(24,2)29(26)22-30(35(27,28)3)43-33(40)10-6-8-20-37/h23-30H,5-22H2,1-4H3/t23-,24-,25-,26+,27-,28+,29+,30+,34+,35-/m1/s1. The SMILES string of the molecule is COC(=O)CC[C@@H](C)[C@H]1CC[C@H]2[C@@H]3CC[C@@H]4C[C@H](OC(=O)CCCCBr)CC[C@]4(C)[C@H]3C[C@H](OC(=O)CCCCBr)[C@]12C. The molecule has 8 heteroatoms. The Morgan fingerprint density at radius 2 is 1.47 bits per heavy atom. The summed E-state index contributed by atoms with van der Waals surface area (Å²) >= 11 is 6.94. The van der Waals surface area contributed by atoms with Crippen LogP contribution in [0.4, 0.5) is 0 Å². The van der Waals surface area contributed by atoms with Crippen molar-refractivity contribution in [2.24, 2.45) is 46.3 Å². The summed E-state index contributed by atoms with van der Waals surface area (Å²) in [5, 5.41) is 1.83. The van der Waals surface area contributed by atoms with E-state index in [2.05, 4.69) is 52.6 Å². The minimum Gasteiger partial charge on any atom is -0.469 e. The number of carbonyl (C=O) groups is 3. The van der Waals surface area contributed by atoms with Gasteiger partial charge < -0.3 is 14.2 Å². The fraction of sp³-hybridized carbons (Fsp3) is 0.914. The predicted octanol–water partition coefficient (Wildman–Crippen LogP) is 8.80. The van der Waals surface area contributed by atoms with Gasteiger partial charge in [0.15, 0.2) is 0 Å². The van der Waals surface area contributed by atoms with Crippen molar-refractivity contribution in [1.29, 1.82) is 0 Å². The van der Waals surface area contributed by atoms with Crippen LogP contribution in [0.5, 0.6) is 0 Å². The average molecular weight is 733 g/mol. The van der Waals surface area contributed by atoms with Crippen LogP contribution < -0.4 is 0 Å². The normalized spacial score (nSPS) is 37.4. The van der Waals surface area contributed by atoms with E-state index in [0.29, 0.717) is 54.8 Å². The molecule has 0 unspecified atom stereocenters. The molecule has 0 amide bonds. The number of unbranched alkanes of at least 4 members (excludes halogenated alkanes) is 2. The Morgan fingerprint density at radius 1 is 0.791 bits per heavy atom. The zero-order chi connectivity index (χ0) is 31.2. The largest absolute Gasteiger partial charge is 0.469 e. The molecule has 0 N–H and O–H groups in total. The van der Waals surface area contributed by atoms with E-state index in [-0.39, 0.29) is 40.9 Å². The van der Waals surface area contributed by atoms with Gasteiger partial charge in [-0.05, 0) is 124 Å². The summed E-state index contributed by atoms with van der Waals surface area (Å²) in [5.41, 5.74) is 0.102. The van der Waals surface area contributed by atoms with E-state index in [4.69, 9.17) is 14.2 Å². The first kappa shape index (κ1) is 35.2. The molecule has 4 aliphatic rings. The molecular weight excluding hydrogens is 676 g/mol. The van der Waals surface area contributed by atoms with Crippen LogP contribution in [0.25, 0.3) is 0 Å². The molecule has 4 aliphatic carbocycles. The molecule has 0 aliphatic heterocycles. The third kappa shape index (κ3) is 7.85. The van der Waals surface area contributed by atoms with Gasteiger partial charge >= 0.3 is 17.9 Å². The Hall–Kier alpha value is -0.630. The van der Waals surface area contributed by atoms with Gasteiger partial charge in [-0.15, -0.1) is 0 Å². The molecule has 0 bridgehead atoms. The van der Waals surface area contributed by atoms with Crippen LogP contribution in [0.15, 0.2) is 0 Å². The number of methoxy groups -OCH3 is 1. The van der Waals surface area contributed by atoms with Crippen molar-refractivity contribution in [3.63, 3.8) is 0 Å². The van der Waals surface area contributed by atoms with E-state index < -0.39 is 0 Å². The van der Waals surface area contributed by atoms with Gasteiger partial charge in [0, 0.05) is 35.3 Å². The van der Waals surface area contributed by atoms with E-state index >= 15 is 0 Å². The second-order valence-corrected chi connectivity index (χ2v) is 16.3. The van der Waals surface area contributed by atoms with Crippen LogP contribution in [-0.4, -0.2) is 47.9 Å². The highest BCUT2D eigenvalue weighted by Gasteiger charge is 2.65. The van der Waals surface area contributed by atoms with Crippen LogP contribution in [0.1, 0.15) is 124 Å². The molecule has 0 radical (unpaired) electrons. The minimum atomic E-state index is -0.142. The summed E-state index contributed by atoms with van der Waals surface area (Å²) in [6.07, 6.45) is 14.5. The molecule has 0 spiro atoms. The number of fused-ring (bicyclic) bond motifs is 5. The Balaban J connectivity index is 1.52. The Labute approximate surface area is 277 Å². The lowest BCUT2D eigenvalue weighted by atomic mass is 9.43. The van der Waals surface area contributed by atoms with E-state index in [1.807, 2.05) is 0 Å². The second kappa shape index (κ2) is 15.8. The molecule has 246 valence electrons. The predicted molar refractivity (Wildman–Crippen MR) is 176 cm³/mol. The molecule has 0 heterocycles. The fourth-order valence-electron chi connectivity index (χ4n) is 10.2. The smallest absolute Gasteiger partial charge is 0.306 e. The lowest BCUT2D eigenvalue weighted by Gasteiger charge is -2.62. The maximum absolute atomic E-state index is 13.3. The first-order valence-corrected chi connectivity index (χ1v) is 19.4. The Bertz CT molecular complexity index is 959. The van der Waals surface area contributed by atoms with Gasteiger partial charge in [0.2, 0.25) is 0 Å². The summed E-state index contributed by atoms with van der Waals surface area (Å²) in [4.78, 5) is 37.8. The topological polar surface area (TPSA) is 78.9 Å². The molecule has 4 saturated carbocycles. The zero-order valence-electron chi connectivity index (χ0n) is 27.1. The number of halogens is 2. The molecule has 43 heavy (non-hydrogen) atoms. The summed E-state index contributed by atoms with van der Waals surface area (Å²) in [5.74, 6) is 2.78. The Kier molecular flexibility index (Phi) is 12.9. The van der Waals surface area contributed by atoms with Crippen molar-refractivity contribution >= 4 is 49.8 Å². The van der Waals surface area contributed by atoms with Gasteiger partial charge in [0.05, 0.1) is 7.11 Å². The number of rotatable bonds is 14. The van der Waals surface area contributed by atoms with Crippen molar-refractivity contribution in [3.05, 3.63) is 0 Å². The molecule has 4 fully saturated rings. The van der Waals surface area contributed by atoms with Crippen molar-refractivity contribution in [2.75, 3.05) is 17.8 Å². The monoisotopic (exact) mass is 730 g/mol. The van der Waals surface area contributed by atoms with Crippen molar-refractivity contribution in [1.82, 2.24) is 0 Å². The van der Waals surface area contributed by atoms with Gasteiger partial charge in [0.25, 0.3) is 0 Å². The molecule has 4 rings (SSSR count). The summed E-state index contributed by atoms with van der Waals surface area (Å²) in [6.45, 7) is 7.23. The number of hydrogen-bond donors (Lipinski definition) is 0. The van der Waals surface area contributed by atoms with Crippen molar-refractivity contribution in [3.8, 4) is 0 Å². The van der Waals surface area contributed by atoms with Crippen LogP contribution >= 0.6 is 31.9 Å². The van der Waals surface area contributed by atoms with Gasteiger partial charge in [-0.2, -0.15) is 0 Å². The van der Waals surface area contributed by atoms with Crippen molar-refractivity contribution in [2.45, 2.75) is 136 Å². The third-order valence-electron chi connectivity index (χ3n) is 12.6. The van der Waals surface area contributed by atoms with E-state index in [0.717, 1.165) is 74.9 Å². The van der Waals surface area contributed by atoms with Crippen LogP contribution in [-0.2, 0) is 28.6 Å². The first-order valence-electron chi connectivity index (χ1n) is 17.2. The lowest BCUT2D eigenvalue weighted by molar-refractivity contribution is -0.199. The summed E-state index contributed by atoms with van der Waals surface area (Å²) < 4.78 is 17.5. The van der Waals surface area contributed by atoms with Crippen LogP contribution in [0.2, 0.25) is 0 Å². The first-order chi connectivity index (χ1) is 20.6. The Morgan fingerprint density at radius 3 is 2.12 bits per heavy atom. The quantitative estimate of drug-likeness (QED) is 0.0770. The van der Waals surface area contributed by atoms with E-state index in [9.17, 15) is 14.4 Å². The minimum absolute atomic E-state index is 0.0366. The van der Waals surface area contributed by atoms with E-state index in [1.165, 1.54) is 26.4 Å². The van der Waals surface area contributed by atoms with Gasteiger partial charge in [-0.3, -0.25) is 14.4 Å².